The number of halogens is 1. The molecule has 0 radical (unpaired) electrons. The SMILES string of the molecule is CC(NC(=O)c1ccc(I)cc1)C1CC2CCC1C2. The second-order valence-electron chi connectivity index (χ2n) is 6.11. The molecule has 3 heteroatoms. The number of rotatable bonds is 3. The van der Waals surface area contributed by atoms with E-state index >= 15 is 0 Å². The summed E-state index contributed by atoms with van der Waals surface area (Å²) in [6, 6.07) is 8.09. The lowest BCUT2D eigenvalue weighted by molar-refractivity contribution is 0.0915. The van der Waals surface area contributed by atoms with Crippen LogP contribution in [-0.4, -0.2) is 11.9 Å². The average molecular weight is 369 g/mol. The Bertz CT molecular complexity index is 470. The van der Waals surface area contributed by atoms with Crippen molar-refractivity contribution in [1.82, 2.24) is 5.32 Å². The van der Waals surface area contributed by atoms with Crippen molar-refractivity contribution >= 4 is 28.5 Å². The van der Waals surface area contributed by atoms with Crippen molar-refractivity contribution in [3.63, 3.8) is 0 Å². The normalized spacial score (nSPS) is 30.3. The highest BCUT2D eigenvalue weighted by molar-refractivity contribution is 14.1. The van der Waals surface area contributed by atoms with E-state index in [-0.39, 0.29) is 5.91 Å². The maximum absolute atomic E-state index is 12.2. The van der Waals surface area contributed by atoms with Gasteiger partial charge in [-0.25, -0.2) is 0 Å². The Hall–Kier alpha value is -0.580. The van der Waals surface area contributed by atoms with E-state index in [0.29, 0.717) is 12.0 Å². The van der Waals surface area contributed by atoms with E-state index in [9.17, 15) is 4.79 Å². The quantitative estimate of drug-likeness (QED) is 0.806. The van der Waals surface area contributed by atoms with E-state index in [1.54, 1.807) is 0 Å². The zero-order valence-corrected chi connectivity index (χ0v) is 13.4. The Kier molecular flexibility index (Phi) is 3.83. The average Bonchev–Trinajstić information content (AvgIpc) is 3.01. The van der Waals surface area contributed by atoms with Crippen molar-refractivity contribution < 1.29 is 4.79 Å². The van der Waals surface area contributed by atoms with Crippen LogP contribution in [0.5, 0.6) is 0 Å². The second kappa shape index (κ2) is 5.43. The molecule has 19 heavy (non-hydrogen) atoms. The number of hydrogen-bond donors (Lipinski definition) is 1. The molecule has 1 aromatic rings. The molecule has 2 saturated carbocycles. The highest BCUT2D eigenvalue weighted by Crippen LogP contribution is 2.49. The van der Waals surface area contributed by atoms with E-state index < -0.39 is 0 Å². The molecule has 0 heterocycles. The topological polar surface area (TPSA) is 29.1 Å². The molecular formula is C16H20INO. The molecule has 1 aromatic carbocycles. The zero-order valence-electron chi connectivity index (χ0n) is 11.2. The molecule has 3 rings (SSSR count). The van der Waals surface area contributed by atoms with Gasteiger partial charge in [-0.05, 0) is 90.8 Å². The molecule has 0 aromatic heterocycles. The van der Waals surface area contributed by atoms with Gasteiger partial charge in [0.2, 0.25) is 0 Å². The minimum absolute atomic E-state index is 0.0756. The van der Waals surface area contributed by atoms with Crippen LogP contribution in [0.1, 0.15) is 43.0 Å². The van der Waals surface area contributed by atoms with Crippen molar-refractivity contribution in [1.29, 1.82) is 0 Å². The minimum Gasteiger partial charge on any atom is -0.349 e. The summed E-state index contributed by atoms with van der Waals surface area (Å²) >= 11 is 2.26. The van der Waals surface area contributed by atoms with Gasteiger partial charge in [0.25, 0.3) is 5.91 Å². The summed E-state index contributed by atoms with van der Waals surface area (Å²) in [5, 5.41) is 3.20. The largest absolute Gasteiger partial charge is 0.349 e. The number of hydrogen-bond acceptors (Lipinski definition) is 1. The first-order valence-corrected chi connectivity index (χ1v) is 8.28. The zero-order chi connectivity index (χ0) is 13.4. The Balaban J connectivity index is 1.61. The summed E-state index contributed by atoms with van der Waals surface area (Å²) in [7, 11) is 0. The molecular weight excluding hydrogens is 349 g/mol. The van der Waals surface area contributed by atoms with E-state index in [0.717, 1.165) is 21.0 Å². The lowest BCUT2D eigenvalue weighted by Gasteiger charge is -2.28. The maximum atomic E-state index is 12.2. The predicted molar refractivity (Wildman–Crippen MR) is 85.0 cm³/mol. The Labute approximate surface area is 128 Å². The van der Waals surface area contributed by atoms with Gasteiger partial charge in [-0.1, -0.05) is 6.42 Å². The Morgan fingerprint density at radius 2 is 2.00 bits per heavy atom. The molecule has 4 unspecified atom stereocenters. The number of benzene rings is 1. The first-order chi connectivity index (χ1) is 9.13. The van der Waals surface area contributed by atoms with Gasteiger partial charge in [-0.2, -0.15) is 0 Å². The molecule has 0 saturated heterocycles. The van der Waals surface area contributed by atoms with Crippen molar-refractivity contribution in [2.45, 2.75) is 38.6 Å². The highest BCUT2D eigenvalue weighted by Gasteiger charge is 2.42. The number of carbonyl (C=O) groups is 1. The van der Waals surface area contributed by atoms with E-state index in [1.165, 1.54) is 25.7 Å². The molecule has 0 spiro atoms. The molecule has 2 bridgehead atoms. The van der Waals surface area contributed by atoms with Crippen molar-refractivity contribution in [2.75, 3.05) is 0 Å². The van der Waals surface area contributed by atoms with Crippen LogP contribution in [0.3, 0.4) is 0 Å². The van der Waals surface area contributed by atoms with Gasteiger partial charge in [0.15, 0.2) is 0 Å². The van der Waals surface area contributed by atoms with Crippen LogP contribution in [0.25, 0.3) is 0 Å². The number of amides is 1. The Morgan fingerprint density at radius 1 is 1.26 bits per heavy atom. The molecule has 4 atom stereocenters. The summed E-state index contributed by atoms with van der Waals surface area (Å²) in [5.41, 5.74) is 0.774. The van der Waals surface area contributed by atoms with Crippen LogP contribution in [0.2, 0.25) is 0 Å². The minimum atomic E-state index is 0.0756. The smallest absolute Gasteiger partial charge is 0.251 e. The lowest BCUT2D eigenvalue weighted by atomic mass is 9.84. The second-order valence-corrected chi connectivity index (χ2v) is 7.35. The van der Waals surface area contributed by atoms with Crippen LogP contribution < -0.4 is 5.32 Å². The molecule has 0 aliphatic heterocycles. The predicted octanol–water partition coefficient (Wildman–Crippen LogP) is 3.85. The van der Waals surface area contributed by atoms with E-state index in [1.807, 2.05) is 24.3 Å². The van der Waals surface area contributed by atoms with Gasteiger partial charge in [0, 0.05) is 15.2 Å². The fraction of sp³-hybridized carbons (Fsp3) is 0.562. The summed E-state index contributed by atoms with van der Waals surface area (Å²) in [4.78, 5) is 12.2. The summed E-state index contributed by atoms with van der Waals surface area (Å²) in [6.07, 6.45) is 5.51. The van der Waals surface area contributed by atoms with Crippen LogP contribution in [0.4, 0.5) is 0 Å². The monoisotopic (exact) mass is 369 g/mol. The lowest BCUT2D eigenvalue weighted by Crippen LogP contribution is -2.40. The maximum Gasteiger partial charge on any atom is 0.251 e. The number of carbonyl (C=O) groups excluding carboxylic acids is 1. The van der Waals surface area contributed by atoms with Gasteiger partial charge in [-0.15, -0.1) is 0 Å². The molecule has 1 N–H and O–H groups in total. The number of nitrogens with one attached hydrogen (secondary N) is 1. The highest BCUT2D eigenvalue weighted by atomic mass is 127. The van der Waals surface area contributed by atoms with E-state index in [4.69, 9.17) is 0 Å². The standard InChI is InChI=1S/C16H20INO/c1-10(15-9-11-2-3-13(15)8-11)18-16(19)12-4-6-14(17)7-5-12/h4-7,10-11,13,15H,2-3,8-9H2,1H3,(H,18,19). The van der Waals surface area contributed by atoms with Gasteiger partial charge in [0.05, 0.1) is 0 Å². The van der Waals surface area contributed by atoms with Crippen molar-refractivity contribution in [3.8, 4) is 0 Å². The molecule has 2 fully saturated rings. The molecule has 2 aliphatic carbocycles. The van der Waals surface area contributed by atoms with Crippen LogP contribution in [-0.2, 0) is 0 Å². The van der Waals surface area contributed by atoms with Gasteiger partial charge < -0.3 is 5.32 Å². The van der Waals surface area contributed by atoms with Crippen LogP contribution >= 0.6 is 22.6 Å². The third-order valence-corrected chi connectivity index (χ3v) is 5.62. The molecule has 1 amide bonds. The fourth-order valence-electron chi connectivity index (χ4n) is 3.90. The summed E-state index contributed by atoms with van der Waals surface area (Å²) in [6.45, 7) is 2.18. The van der Waals surface area contributed by atoms with E-state index in [2.05, 4.69) is 34.8 Å². The fourth-order valence-corrected chi connectivity index (χ4v) is 4.26. The van der Waals surface area contributed by atoms with Crippen LogP contribution in [0.15, 0.2) is 24.3 Å². The third kappa shape index (κ3) is 2.81. The van der Waals surface area contributed by atoms with Crippen molar-refractivity contribution in [2.24, 2.45) is 17.8 Å². The van der Waals surface area contributed by atoms with Crippen molar-refractivity contribution in [3.05, 3.63) is 33.4 Å². The van der Waals surface area contributed by atoms with Gasteiger partial charge in [0.1, 0.15) is 0 Å². The molecule has 2 aliphatic rings. The van der Waals surface area contributed by atoms with Gasteiger partial charge >= 0.3 is 0 Å². The first kappa shape index (κ1) is 13.4. The number of fused-ring (bicyclic) bond motifs is 2. The van der Waals surface area contributed by atoms with Gasteiger partial charge in [-0.3, -0.25) is 4.79 Å². The third-order valence-electron chi connectivity index (χ3n) is 4.90. The molecule has 102 valence electrons. The first-order valence-electron chi connectivity index (χ1n) is 7.20. The molecule has 2 nitrogen and oxygen atoms in total. The summed E-state index contributed by atoms with van der Waals surface area (Å²) in [5.74, 6) is 2.57. The van der Waals surface area contributed by atoms with Crippen LogP contribution in [0, 0.1) is 21.3 Å². The summed E-state index contributed by atoms with van der Waals surface area (Å²) < 4.78 is 1.16. The Morgan fingerprint density at radius 3 is 2.58 bits per heavy atom.